The van der Waals surface area contributed by atoms with Gasteiger partial charge in [-0.05, 0) is 44.9 Å². The lowest BCUT2D eigenvalue weighted by atomic mass is 10.0. The van der Waals surface area contributed by atoms with Crippen LogP contribution in [-0.2, 0) is 5.60 Å². The first-order valence-corrected chi connectivity index (χ1v) is 8.51. The van der Waals surface area contributed by atoms with Crippen LogP contribution in [0.25, 0.3) is 0 Å². The molecule has 2 amide bonds. The number of amides is 2. The van der Waals surface area contributed by atoms with E-state index in [-0.39, 0.29) is 18.6 Å². The van der Waals surface area contributed by atoms with Crippen LogP contribution in [0.2, 0.25) is 0 Å². The number of nitrogens with one attached hydrogen (secondary N) is 2. The van der Waals surface area contributed by atoms with E-state index in [9.17, 15) is 9.90 Å². The van der Waals surface area contributed by atoms with Gasteiger partial charge in [-0.3, -0.25) is 0 Å². The number of carbonyl (C=O) groups excluding carboxylic acids is 1. The van der Waals surface area contributed by atoms with Crippen molar-refractivity contribution in [3.8, 4) is 5.75 Å². The summed E-state index contributed by atoms with van der Waals surface area (Å²) in [5.74, 6) is 1.96. The Bertz CT molecular complexity index is 739. The van der Waals surface area contributed by atoms with E-state index in [0.29, 0.717) is 12.4 Å². The van der Waals surface area contributed by atoms with Crippen molar-refractivity contribution in [2.45, 2.75) is 38.3 Å². The molecule has 1 aliphatic rings. The first-order valence-electron chi connectivity index (χ1n) is 8.51. The molecule has 1 aromatic carbocycles. The Morgan fingerprint density at radius 2 is 2.12 bits per heavy atom. The average molecular weight is 344 g/mol. The van der Waals surface area contributed by atoms with E-state index in [1.807, 2.05) is 31.2 Å². The van der Waals surface area contributed by atoms with Crippen molar-refractivity contribution in [3.05, 3.63) is 53.5 Å². The fourth-order valence-electron chi connectivity index (χ4n) is 2.95. The number of ether oxygens (including phenoxy) is 1. The van der Waals surface area contributed by atoms with Crippen LogP contribution in [-0.4, -0.2) is 24.3 Å². The summed E-state index contributed by atoms with van der Waals surface area (Å²) in [6, 6.07) is 10.8. The van der Waals surface area contributed by atoms with E-state index in [4.69, 9.17) is 9.15 Å². The van der Waals surface area contributed by atoms with E-state index in [0.717, 1.165) is 29.9 Å². The van der Waals surface area contributed by atoms with E-state index in [2.05, 4.69) is 10.6 Å². The summed E-state index contributed by atoms with van der Waals surface area (Å²) in [6.07, 6.45) is 1.67. The molecule has 0 radical (unpaired) electrons. The van der Waals surface area contributed by atoms with Crippen LogP contribution in [0, 0.1) is 6.92 Å². The van der Waals surface area contributed by atoms with Gasteiger partial charge in [-0.1, -0.05) is 18.2 Å². The summed E-state index contributed by atoms with van der Waals surface area (Å²) in [5.41, 5.74) is -0.292. The summed E-state index contributed by atoms with van der Waals surface area (Å²) < 4.78 is 11.2. The molecule has 1 aliphatic heterocycles. The van der Waals surface area contributed by atoms with Crippen molar-refractivity contribution in [2.75, 3.05) is 13.2 Å². The molecule has 3 rings (SSSR count). The Kier molecular flexibility index (Phi) is 4.99. The molecule has 1 aromatic heterocycles. The van der Waals surface area contributed by atoms with E-state index >= 15 is 0 Å². The SMILES string of the molecule is Cc1ccc([C@@](C)(O)CNC(=O)N[C@H]2CCCOc3ccccc32)o1. The smallest absolute Gasteiger partial charge is 0.315 e. The van der Waals surface area contributed by atoms with Gasteiger partial charge in [0.15, 0.2) is 0 Å². The molecule has 6 nitrogen and oxygen atoms in total. The summed E-state index contributed by atoms with van der Waals surface area (Å²) in [5, 5.41) is 16.2. The highest BCUT2D eigenvalue weighted by atomic mass is 16.5. The van der Waals surface area contributed by atoms with Gasteiger partial charge in [-0.2, -0.15) is 0 Å². The first-order chi connectivity index (χ1) is 12.0. The number of furan rings is 1. The highest BCUT2D eigenvalue weighted by molar-refractivity contribution is 5.74. The number of rotatable bonds is 4. The lowest BCUT2D eigenvalue weighted by molar-refractivity contribution is 0.0359. The number of aryl methyl sites for hydroxylation is 1. The molecule has 25 heavy (non-hydrogen) atoms. The third kappa shape index (κ3) is 4.14. The molecular weight excluding hydrogens is 320 g/mol. The maximum Gasteiger partial charge on any atom is 0.315 e. The summed E-state index contributed by atoms with van der Waals surface area (Å²) >= 11 is 0. The number of benzene rings is 1. The second-order valence-electron chi connectivity index (χ2n) is 6.59. The Morgan fingerprint density at radius 1 is 1.32 bits per heavy atom. The molecule has 3 N–H and O–H groups in total. The van der Waals surface area contributed by atoms with Gasteiger partial charge in [-0.15, -0.1) is 0 Å². The number of fused-ring (bicyclic) bond motifs is 1. The Hall–Kier alpha value is -2.47. The quantitative estimate of drug-likeness (QED) is 0.796. The highest BCUT2D eigenvalue weighted by Gasteiger charge is 2.28. The molecule has 2 heterocycles. The summed E-state index contributed by atoms with van der Waals surface area (Å²) in [6.45, 7) is 4.12. The standard InChI is InChI=1S/C19H24N2O4/c1-13-9-10-17(25-13)19(2,23)12-20-18(22)21-15-7-5-11-24-16-8-4-3-6-14(15)16/h3-4,6,8-10,15,23H,5,7,11-12H2,1-2H3,(H2,20,21,22)/t15-,19-/m0/s1. The van der Waals surface area contributed by atoms with Crippen LogP contribution in [0.1, 0.15) is 42.9 Å². The van der Waals surface area contributed by atoms with Crippen LogP contribution in [0.5, 0.6) is 5.75 Å². The highest BCUT2D eigenvalue weighted by Crippen LogP contribution is 2.31. The van der Waals surface area contributed by atoms with Gasteiger partial charge in [-0.25, -0.2) is 4.79 Å². The molecule has 0 bridgehead atoms. The van der Waals surface area contributed by atoms with Crippen LogP contribution >= 0.6 is 0 Å². The van der Waals surface area contributed by atoms with Crippen molar-refractivity contribution in [1.82, 2.24) is 10.6 Å². The van der Waals surface area contributed by atoms with Crippen LogP contribution in [0.4, 0.5) is 4.79 Å². The minimum absolute atomic E-state index is 0.0522. The molecule has 2 atom stereocenters. The topological polar surface area (TPSA) is 83.7 Å². The molecule has 0 aliphatic carbocycles. The minimum Gasteiger partial charge on any atom is -0.493 e. The zero-order valence-electron chi connectivity index (χ0n) is 14.5. The monoisotopic (exact) mass is 344 g/mol. The van der Waals surface area contributed by atoms with E-state index in [1.165, 1.54) is 0 Å². The molecule has 0 saturated carbocycles. The van der Waals surface area contributed by atoms with Crippen molar-refractivity contribution in [3.63, 3.8) is 0 Å². The predicted molar refractivity (Wildman–Crippen MR) is 93.5 cm³/mol. The number of para-hydroxylation sites is 1. The Morgan fingerprint density at radius 3 is 2.88 bits per heavy atom. The lowest BCUT2D eigenvalue weighted by Gasteiger charge is -2.23. The molecule has 0 saturated heterocycles. The molecule has 6 heteroatoms. The normalized spacial score (nSPS) is 19.1. The van der Waals surface area contributed by atoms with Crippen molar-refractivity contribution in [2.24, 2.45) is 0 Å². The van der Waals surface area contributed by atoms with Crippen molar-refractivity contribution < 1.29 is 19.1 Å². The molecule has 0 spiro atoms. The van der Waals surface area contributed by atoms with Gasteiger partial charge in [0.05, 0.1) is 19.2 Å². The zero-order valence-corrected chi connectivity index (χ0v) is 14.5. The fraction of sp³-hybridized carbons (Fsp3) is 0.421. The number of aliphatic hydroxyl groups is 1. The van der Waals surface area contributed by atoms with E-state index < -0.39 is 5.60 Å². The largest absolute Gasteiger partial charge is 0.493 e. The van der Waals surface area contributed by atoms with Gasteiger partial charge < -0.3 is 24.9 Å². The molecule has 2 aromatic rings. The third-order valence-electron chi connectivity index (χ3n) is 4.36. The number of urea groups is 1. The zero-order chi connectivity index (χ0) is 17.9. The molecule has 0 unspecified atom stereocenters. The molecular formula is C19H24N2O4. The average Bonchev–Trinajstić information content (AvgIpc) is 2.94. The Balaban J connectivity index is 1.61. The van der Waals surface area contributed by atoms with Crippen molar-refractivity contribution in [1.29, 1.82) is 0 Å². The van der Waals surface area contributed by atoms with Crippen LogP contribution < -0.4 is 15.4 Å². The van der Waals surface area contributed by atoms with Crippen LogP contribution in [0.15, 0.2) is 40.8 Å². The fourth-order valence-corrected chi connectivity index (χ4v) is 2.95. The molecule has 134 valence electrons. The molecule has 0 fully saturated rings. The maximum atomic E-state index is 12.3. The van der Waals surface area contributed by atoms with Gasteiger partial charge in [0.2, 0.25) is 0 Å². The third-order valence-corrected chi connectivity index (χ3v) is 4.36. The van der Waals surface area contributed by atoms with Crippen molar-refractivity contribution >= 4 is 6.03 Å². The van der Waals surface area contributed by atoms with Gasteiger partial charge in [0, 0.05) is 5.56 Å². The second-order valence-corrected chi connectivity index (χ2v) is 6.59. The Labute approximate surface area is 147 Å². The second kappa shape index (κ2) is 7.19. The maximum absolute atomic E-state index is 12.3. The minimum atomic E-state index is -1.27. The lowest BCUT2D eigenvalue weighted by Crippen LogP contribution is -2.44. The summed E-state index contributed by atoms with van der Waals surface area (Å²) in [4.78, 5) is 12.3. The van der Waals surface area contributed by atoms with Gasteiger partial charge in [0.25, 0.3) is 0 Å². The number of carbonyl (C=O) groups is 1. The number of hydrogen-bond donors (Lipinski definition) is 3. The van der Waals surface area contributed by atoms with Crippen LogP contribution in [0.3, 0.4) is 0 Å². The summed E-state index contributed by atoms with van der Waals surface area (Å²) in [7, 11) is 0. The van der Waals surface area contributed by atoms with Gasteiger partial charge >= 0.3 is 6.03 Å². The first kappa shape index (κ1) is 17.4. The number of hydrogen-bond acceptors (Lipinski definition) is 4. The van der Waals surface area contributed by atoms with Gasteiger partial charge in [0.1, 0.15) is 22.9 Å². The predicted octanol–water partition coefficient (Wildman–Crippen LogP) is 3.01. The van der Waals surface area contributed by atoms with E-state index in [1.54, 1.807) is 19.1 Å².